The molecule has 0 spiro atoms. The molecule has 3 heterocycles. The molecule has 3 aromatic rings. The van der Waals surface area contributed by atoms with Crippen molar-refractivity contribution in [1.82, 2.24) is 9.38 Å². The van der Waals surface area contributed by atoms with Gasteiger partial charge in [-0.05, 0) is 55.7 Å². The minimum Gasteiger partial charge on any atom is -0.378 e. The summed E-state index contributed by atoms with van der Waals surface area (Å²) in [7, 11) is 0. The van der Waals surface area contributed by atoms with E-state index >= 15 is 0 Å². The van der Waals surface area contributed by atoms with Crippen LogP contribution in [-0.4, -0.2) is 35.7 Å². The molecule has 0 unspecified atom stereocenters. The number of aryl methyl sites for hydroxylation is 3. The molecule has 0 saturated carbocycles. The average molecular weight is 364 g/mol. The summed E-state index contributed by atoms with van der Waals surface area (Å²) in [5, 5.41) is 3.45. The number of ether oxygens (including phenoxy) is 1. The van der Waals surface area contributed by atoms with Crippen molar-refractivity contribution in [3.8, 4) is 0 Å². The van der Waals surface area contributed by atoms with Crippen molar-refractivity contribution < 1.29 is 4.74 Å². The van der Waals surface area contributed by atoms with Crippen LogP contribution in [-0.2, 0) is 4.74 Å². The number of nitrogens with one attached hydrogen (secondary N) is 1. The lowest BCUT2D eigenvalue weighted by Gasteiger charge is -2.28. The van der Waals surface area contributed by atoms with Crippen LogP contribution in [0.2, 0.25) is 0 Å². The largest absolute Gasteiger partial charge is 0.378 e. The van der Waals surface area contributed by atoms with Crippen molar-refractivity contribution in [2.75, 3.05) is 36.5 Å². The van der Waals surface area contributed by atoms with Gasteiger partial charge in [-0.25, -0.2) is 4.98 Å². The molecule has 0 radical (unpaired) electrons. The zero-order chi connectivity index (χ0) is 19.0. The SMILES string of the molecule is Cc1cc(Nc2ccc(C)c(C)c2)c2nc(N3CCOCC3)cc(=O)n2c1. The fourth-order valence-electron chi connectivity index (χ4n) is 3.35. The van der Waals surface area contributed by atoms with Crippen LogP contribution in [0.1, 0.15) is 16.7 Å². The van der Waals surface area contributed by atoms with Crippen LogP contribution in [0.3, 0.4) is 0 Å². The third kappa shape index (κ3) is 3.53. The summed E-state index contributed by atoms with van der Waals surface area (Å²) in [6.07, 6.45) is 1.83. The molecule has 1 aromatic carbocycles. The quantitative estimate of drug-likeness (QED) is 0.773. The standard InChI is InChI=1S/C21H24N4O2/c1-14-10-18(22-17-5-4-15(2)16(3)11-17)21-23-19(12-20(26)25(21)13-14)24-6-8-27-9-7-24/h4-5,10-13,22H,6-9H2,1-3H3. The normalized spacial score (nSPS) is 14.6. The van der Waals surface area contributed by atoms with Gasteiger partial charge >= 0.3 is 0 Å². The summed E-state index contributed by atoms with van der Waals surface area (Å²) < 4.78 is 7.03. The minimum absolute atomic E-state index is 0.0756. The predicted octanol–water partition coefficient (Wildman–Crippen LogP) is 3.20. The summed E-state index contributed by atoms with van der Waals surface area (Å²) in [5.41, 5.74) is 5.83. The van der Waals surface area contributed by atoms with Crippen molar-refractivity contribution in [2.45, 2.75) is 20.8 Å². The molecule has 0 bridgehead atoms. The Morgan fingerprint density at radius 1 is 1.04 bits per heavy atom. The zero-order valence-electron chi connectivity index (χ0n) is 16.0. The van der Waals surface area contributed by atoms with Crippen LogP contribution in [0.4, 0.5) is 17.2 Å². The molecule has 6 nitrogen and oxygen atoms in total. The number of hydrogen-bond donors (Lipinski definition) is 1. The van der Waals surface area contributed by atoms with Crippen molar-refractivity contribution >= 4 is 22.8 Å². The van der Waals surface area contributed by atoms with E-state index in [-0.39, 0.29) is 5.56 Å². The number of benzene rings is 1. The molecular formula is C21H24N4O2. The van der Waals surface area contributed by atoms with Crippen LogP contribution in [0.5, 0.6) is 0 Å². The van der Waals surface area contributed by atoms with Gasteiger partial charge in [0.25, 0.3) is 5.56 Å². The Hall–Kier alpha value is -2.86. The first-order valence-electron chi connectivity index (χ1n) is 9.22. The van der Waals surface area contributed by atoms with Gasteiger partial charge in [0.15, 0.2) is 5.65 Å². The molecule has 140 valence electrons. The van der Waals surface area contributed by atoms with E-state index in [1.165, 1.54) is 11.1 Å². The van der Waals surface area contributed by atoms with Crippen molar-refractivity contribution in [3.05, 3.63) is 63.6 Å². The third-order valence-electron chi connectivity index (χ3n) is 5.01. The van der Waals surface area contributed by atoms with Gasteiger partial charge in [-0.15, -0.1) is 0 Å². The van der Waals surface area contributed by atoms with Crippen molar-refractivity contribution in [2.24, 2.45) is 0 Å². The predicted molar refractivity (Wildman–Crippen MR) is 108 cm³/mol. The highest BCUT2D eigenvalue weighted by Crippen LogP contribution is 2.24. The van der Waals surface area contributed by atoms with Crippen LogP contribution >= 0.6 is 0 Å². The highest BCUT2D eigenvalue weighted by atomic mass is 16.5. The Balaban J connectivity index is 1.81. The molecule has 1 aliphatic heterocycles. The van der Waals surface area contributed by atoms with E-state index in [4.69, 9.17) is 9.72 Å². The van der Waals surface area contributed by atoms with Gasteiger partial charge in [0.05, 0.1) is 18.9 Å². The molecule has 1 N–H and O–H groups in total. The molecule has 1 fully saturated rings. The van der Waals surface area contributed by atoms with E-state index < -0.39 is 0 Å². The molecule has 0 amide bonds. The topological polar surface area (TPSA) is 58.9 Å². The van der Waals surface area contributed by atoms with Gasteiger partial charge in [-0.3, -0.25) is 9.20 Å². The van der Waals surface area contributed by atoms with Gasteiger partial charge in [0.1, 0.15) is 5.82 Å². The number of nitrogens with zero attached hydrogens (tertiary/aromatic N) is 3. The van der Waals surface area contributed by atoms with E-state index in [1.54, 1.807) is 10.5 Å². The Labute approximate surface area is 158 Å². The molecule has 6 heteroatoms. The van der Waals surface area contributed by atoms with E-state index in [0.717, 1.165) is 30.0 Å². The highest BCUT2D eigenvalue weighted by Gasteiger charge is 2.16. The third-order valence-corrected chi connectivity index (χ3v) is 5.01. The molecule has 1 saturated heterocycles. The first-order valence-corrected chi connectivity index (χ1v) is 9.22. The van der Waals surface area contributed by atoms with Gasteiger partial charge in [-0.1, -0.05) is 6.07 Å². The second-order valence-electron chi connectivity index (χ2n) is 7.10. The van der Waals surface area contributed by atoms with Gasteiger partial charge < -0.3 is 15.0 Å². The first kappa shape index (κ1) is 17.5. The van der Waals surface area contributed by atoms with Crippen LogP contribution in [0, 0.1) is 20.8 Å². The van der Waals surface area contributed by atoms with Crippen LogP contribution in [0.25, 0.3) is 5.65 Å². The molecule has 27 heavy (non-hydrogen) atoms. The van der Waals surface area contributed by atoms with Crippen LogP contribution in [0.15, 0.2) is 41.3 Å². The fourth-order valence-corrected chi connectivity index (χ4v) is 3.35. The summed E-state index contributed by atoms with van der Waals surface area (Å²) in [4.78, 5) is 19.6. The maximum Gasteiger partial charge on any atom is 0.260 e. The van der Waals surface area contributed by atoms with Crippen LogP contribution < -0.4 is 15.8 Å². The number of morpholine rings is 1. The van der Waals surface area contributed by atoms with E-state index in [0.29, 0.717) is 24.7 Å². The number of hydrogen-bond acceptors (Lipinski definition) is 5. The molecule has 1 aliphatic rings. The van der Waals surface area contributed by atoms with Gasteiger partial charge in [0.2, 0.25) is 0 Å². The lowest BCUT2D eigenvalue weighted by Crippen LogP contribution is -2.37. The van der Waals surface area contributed by atoms with Crippen molar-refractivity contribution in [3.63, 3.8) is 0 Å². The lowest BCUT2D eigenvalue weighted by atomic mass is 10.1. The Morgan fingerprint density at radius 3 is 2.56 bits per heavy atom. The lowest BCUT2D eigenvalue weighted by molar-refractivity contribution is 0.122. The second kappa shape index (κ2) is 7.04. The molecule has 0 atom stereocenters. The highest BCUT2D eigenvalue weighted by molar-refractivity contribution is 5.75. The monoisotopic (exact) mass is 364 g/mol. The smallest absolute Gasteiger partial charge is 0.260 e. The number of pyridine rings is 1. The van der Waals surface area contributed by atoms with Gasteiger partial charge in [0, 0.05) is 31.0 Å². The maximum atomic E-state index is 12.7. The Kier molecular flexibility index (Phi) is 4.58. The summed E-state index contributed by atoms with van der Waals surface area (Å²) in [5.74, 6) is 0.704. The van der Waals surface area contributed by atoms with E-state index in [1.807, 2.05) is 25.3 Å². The Morgan fingerprint density at radius 2 is 1.81 bits per heavy atom. The fraction of sp³-hybridized carbons (Fsp3) is 0.333. The summed E-state index contributed by atoms with van der Waals surface area (Å²) >= 11 is 0. The average Bonchev–Trinajstić information content (AvgIpc) is 2.66. The molecule has 0 aliphatic carbocycles. The van der Waals surface area contributed by atoms with Crippen molar-refractivity contribution in [1.29, 1.82) is 0 Å². The number of fused-ring (bicyclic) bond motifs is 1. The van der Waals surface area contributed by atoms with Gasteiger partial charge in [-0.2, -0.15) is 0 Å². The van der Waals surface area contributed by atoms with E-state index in [9.17, 15) is 4.79 Å². The summed E-state index contributed by atoms with van der Waals surface area (Å²) in [6, 6.07) is 9.88. The zero-order valence-corrected chi connectivity index (χ0v) is 16.0. The van der Waals surface area contributed by atoms with E-state index in [2.05, 4.69) is 36.2 Å². The number of anilines is 3. The molecular weight excluding hydrogens is 340 g/mol. The number of rotatable bonds is 3. The molecule has 2 aromatic heterocycles. The first-order chi connectivity index (χ1) is 13.0. The number of aromatic nitrogens is 2. The summed E-state index contributed by atoms with van der Waals surface area (Å²) in [6.45, 7) is 8.96. The maximum absolute atomic E-state index is 12.7. The minimum atomic E-state index is -0.0756. The molecule has 4 rings (SSSR count). The second-order valence-corrected chi connectivity index (χ2v) is 7.10. The Bertz CT molecular complexity index is 1050.